The van der Waals surface area contributed by atoms with Crippen molar-refractivity contribution in [3.63, 3.8) is 0 Å². The zero-order chi connectivity index (χ0) is 13.1. The van der Waals surface area contributed by atoms with Gasteiger partial charge in [-0.1, -0.05) is 60.7 Å². The Kier molecular flexibility index (Phi) is 3.20. The highest BCUT2D eigenvalue weighted by molar-refractivity contribution is 5.67. The van der Waals surface area contributed by atoms with Gasteiger partial charge < -0.3 is 5.32 Å². The van der Waals surface area contributed by atoms with Gasteiger partial charge in [0, 0.05) is 0 Å². The molecule has 94 valence electrons. The van der Waals surface area contributed by atoms with Crippen molar-refractivity contribution in [2.24, 2.45) is 0 Å². The molecule has 1 heterocycles. The molecule has 0 saturated heterocycles. The fourth-order valence-electron chi connectivity index (χ4n) is 2.42. The molecule has 0 aromatic heterocycles. The molecule has 0 spiro atoms. The predicted molar refractivity (Wildman–Crippen MR) is 80.8 cm³/mol. The molecule has 1 aliphatic heterocycles. The van der Waals surface area contributed by atoms with Crippen LogP contribution in [0.2, 0.25) is 0 Å². The summed E-state index contributed by atoms with van der Waals surface area (Å²) in [5.41, 5.74) is 5.19. The summed E-state index contributed by atoms with van der Waals surface area (Å²) in [7, 11) is 0. The molecule has 1 N–H and O–H groups in total. The van der Waals surface area contributed by atoms with Crippen molar-refractivity contribution in [2.45, 2.75) is 13.0 Å². The Balaban J connectivity index is 1.89. The van der Waals surface area contributed by atoms with Crippen LogP contribution in [-0.4, -0.2) is 0 Å². The molecular formula is C18H17N. The Labute approximate surface area is 114 Å². The summed E-state index contributed by atoms with van der Waals surface area (Å²) in [6.45, 7) is 2.15. The van der Waals surface area contributed by atoms with Crippen LogP contribution >= 0.6 is 0 Å². The molecular weight excluding hydrogens is 230 g/mol. The van der Waals surface area contributed by atoms with Gasteiger partial charge in [0.05, 0.1) is 6.04 Å². The lowest BCUT2D eigenvalue weighted by molar-refractivity contribution is 0.746. The lowest BCUT2D eigenvalue weighted by Crippen LogP contribution is -2.14. The zero-order valence-electron chi connectivity index (χ0n) is 11.0. The molecule has 1 unspecified atom stereocenters. The van der Waals surface area contributed by atoms with Gasteiger partial charge in [-0.15, -0.1) is 0 Å². The summed E-state index contributed by atoms with van der Waals surface area (Å²) in [5, 5.41) is 3.34. The van der Waals surface area contributed by atoms with Gasteiger partial charge in [-0.3, -0.25) is 0 Å². The van der Waals surface area contributed by atoms with Crippen molar-refractivity contribution in [3.8, 4) is 11.1 Å². The van der Waals surface area contributed by atoms with Crippen molar-refractivity contribution >= 4 is 0 Å². The first-order chi connectivity index (χ1) is 9.34. The second-order valence-electron chi connectivity index (χ2n) is 4.83. The summed E-state index contributed by atoms with van der Waals surface area (Å²) < 4.78 is 0. The van der Waals surface area contributed by atoms with Crippen LogP contribution in [0, 0.1) is 6.92 Å². The molecule has 0 amide bonds. The highest BCUT2D eigenvalue weighted by Gasteiger charge is 2.08. The SMILES string of the molecule is Cc1ccccc1-c1ccc(C2C=CC=CN2)cc1. The quantitative estimate of drug-likeness (QED) is 0.830. The Morgan fingerprint density at radius 3 is 2.37 bits per heavy atom. The minimum absolute atomic E-state index is 0.288. The second kappa shape index (κ2) is 5.15. The fraction of sp³-hybridized carbons (Fsp3) is 0.111. The van der Waals surface area contributed by atoms with E-state index in [1.54, 1.807) is 0 Å². The molecule has 19 heavy (non-hydrogen) atoms. The van der Waals surface area contributed by atoms with Gasteiger partial charge in [-0.2, -0.15) is 0 Å². The van der Waals surface area contributed by atoms with Crippen LogP contribution in [0.3, 0.4) is 0 Å². The zero-order valence-corrected chi connectivity index (χ0v) is 11.0. The van der Waals surface area contributed by atoms with E-state index in [1.165, 1.54) is 22.3 Å². The number of hydrogen-bond donors (Lipinski definition) is 1. The fourth-order valence-corrected chi connectivity index (χ4v) is 2.42. The van der Waals surface area contributed by atoms with Crippen molar-refractivity contribution < 1.29 is 0 Å². The molecule has 3 rings (SSSR count). The van der Waals surface area contributed by atoms with Gasteiger partial charge in [0.1, 0.15) is 0 Å². The van der Waals surface area contributed by atoms with E-state index in [4.69, 9.17) is 0 Å². The minimum Gasteiger partial charge on any atom is -0.381 e. The normalized spacial score (nSPS) is 17.2. The first kappa shape index (κ1) is 11.8. The lowest BCUT2D eigenvalue weighted by Gasteiger charge is -2.16. The van der Waals surface area contributed by atoms with Crippen LogP contribution < -0.4 is 5.32 Å². The third-order valence-electron chi connectivity index (χ3n) is 3.51. The highest BCUT2D eigenvalue weighted by Crippen LogP contribution is 2.25. The second-order valence-corrected chi connectivity index (χ2v) is 4.83. The molecule has 2 aromatic rings. The third kappa shape index (κ3) is 2.45. The summed E-state index contributed by atoms with van der Waals surface area (Å²) in [4.78, 5) is 0. The molecule has 1 aliphatic rings. The van der Waals surface area contributed by atoms with Crippen LogP contribution in [0.1, 0.15) is 17.2 Å². The average Bonchev–Trinajstić information content (AvgIpc) is 2.49. The number of rotatable bonds is 2. The van der Waals surface area contributed by atoms with Crippen molar-refractivity contribution in [1.29, 1.82) is 0 Å². The molecule has 0 radical (unpaired) electrons. The van der Waals surface area contributed by atoms with E-state index in [0.717, 1.165) is 0 Å². The Morgan fingerprint density at radius 1 is 0.895 bits per heavy atom. The van der Waals surface area contributed by atoms with Crippen molar-refractivity contribution in [1.82, 2.24) is 5.32 Å². The predicted octanol–water partition coefficient (Wildman–Crippen LogP) is 4.38. The molecule has 0 aliphatic carbocycles. The maximum absolute atomic E-state index is 3.34. The van der Waals surface area contributed by atoms with Gasteiger partial charge in [0.25, 0.3) is 0 Å². The Hall–Kier alpha value is -2.28. The number of nitrogens with one attached hydrogen (secondary N) is 1. The van der Waals surface area contributed by atoms with Crippen LogP contribution in [0.15, 0.2) is 73.0 Å². The number of aryl methyl sites for hydroxylation is 1. The number of allylic oxidation sites excluding steroid dienone is 2. The van der Waals surface area contributed by atoms with E-state index in [9.17, 15) is 0 Å². The van der Waals surface area contributed by atoms with E-state index in [1.807, 2.05) is 12.3 Å². The third-order valence-corrected chi connectivity index (χ3v) is 3.51. The maximum Gasteiger partial charge on any atom is 0.0695 e. The molecule has 1 heteroatoms. The molecule has 1 atom stereocenters. The molecule has 0 bridgehead atoms. The van der Waals surface area contributed by atoms with Gasteiger partial charge in [-0.05, 0) is 41.5 Å². The van der Waals surface area contributed by atoms with E-state index >= 15 is 0 Å². The Bertz CT molecular complexity index is 620. The molecule has 0 fully saturated rings. The highest BCUT2D eigenvalue weighted by atomic mass is 14.9. The molecule has 2 aromatic carbocycles. The lowest BCUT2D eigenvalue weighted by atomic mass is 9.97. The van der Waals surface area contributed by atoms with Crippen molar-refractivity contribution in [2.75, 3.05) is 0 Å². The standard InChI is InChI=1S/C18H17N/c1-14-6-2-3-7-17(14)15-9-11-16(12-10-15)18-8-4-5-13-19-18/h2-13,18-19H,1H3. The van der Waals surface area contributed by atoms with Crippen LogP contribution in [-0.2, 0) is 0 Å². The molecule has 0 saturated carbocycles. The van der Waals surface area contributed by atoms with Gasteiger partial charge in [-0.25, -0.2) is 0 Å². The van der Waals surface area contributed by atoms with Crippen LogP contribution in [0.4, 0.5) is 0 Å². The monoisotopic (exact) mass is 247 g/mol. The van der Waals surface area contributed by atoms with E-state index in [-0.39, 0.29) is 6.04 Å². The van der Waals surface area contributed by atoms with E-state index in [0.29, 0.717) is 0 Å². The van der Waals surface area contributed by atoms with Crippen LogP contribution in [0.5, 0.6) is 0 Å². The number of benzene rings is 2. The summed E-state index contributed by atoms with van der Waals surface area (Å²) in [5.74, 6) is 0. The minimum atomic E-state index is 0.288. The largest absolute Gasteiger partial charge is 0.381 e. The summed E-state index contributed by atoms with van der Waals surface area (Å²) in [6.07, 6.45) is 8.25. The van der Waals surface area contributed by atoms with E-state index in [2.05, 4.69) is 72.9 Å². The number of dihydropyridines is 1. The van der Waals surface area contributed by atoms with Gasteiger partial charge >= 0.3 is 0 Å². The van der Waals surface area contributed by atoms with Gasteiger partial charge in [0.15, 0.2) is 0 Å². The average molecular weight is 247 g/mol. The molecule has 1 nitrogen and oxygen atoms in total. The summed E-state index contributed by atoms with van der Waals surface area (Å²) >= 11 is 0. The van der Waals surface area contributed by atoms with E-state index < -0.39 is 0 Å². The first-order valence-electron chi connectivity index (χ1n) is 6.60. The first-order valence-corrected chi connectivity index (χ1v) is 6.60. The van der Waals surface area contributed by atoms with Crippen LogP contribution in [0.25, 0.3) is 11.1 Å². The number of hydrogen-bond acceptors (Lipinski definition) is 1. The van der Waals surface area contributed by atoms with Gasteiger partial charge in [0.2, 0.25) is 0 Å². The smallest absolute Gasteiger partial charge is 0.0695 e. The van der Waals surface area contributed by atoms with Crippen molar-refractivity contribution in [3.05, 3.63) is 84.1 Å². The maximum atomic E-state index is 3.34. The summed E-state index contributed by atoms with van der Waals surface area (Å²) in [6, 6.07) is 17.6. The Morgan fingerprint density at radius 2 is 1.68 bits per heavy atom. The topological polar surface area (TPSA) is 12.0 Å².